The Hall–Kier alpha value is -0.660. The van der Waals surface area contributed by atoms with Gasteiger partial charge < -0.3 is 9.59 Å². The molecule has 0 bridgehead atoms. The van der Waals surface area contributed by atoms with Crippen LogP contribution in [0.4, 0.5) is 0 Å². The summed E-state index contributed by atoms with van der Waals surface area (Å²) in [6, 6.07) is 0. The van der Waals surface area contributed by atoms with Gasteiger partial charge in [-0.15, -0.1) is 0 Å². The lowest BCUT2D eigenvalue weighted by atomic mass is 9.83. The summed E-state index contributed by atoms with van der Waals surface area (Å²) >= 11 is 0. The van der Waals surface area contributed by atoms with Crippen molar-refractivity contribution in [2.75, 3.05) is 0 Å². The van der Waals surface area contributed by atoms with E-state index in [-0.39, 0.29) is 11.8 Å². The SMILES string of the molecule is O=C[C@@H]1CCC[C@H](C=O)C1. The van der Waals surface area contributed by atoms with E-state index in [1.165, 1.54) is 0 Å². The summed E-state index contributed by atoms with van der Waals surface area (Å²) in [6.45, 7) is 0. The van der Waals surface area contributed by atoms with E-state index in [0.29, 0.717) is 0 Å². The normalized spacial score (nSPS) is 33.2. The average Bonchev–Trinajstić information content (AvgIpc) is 2.05. The molecule has 1 aliphatic rings. The van der Waals surface area contributed by atoms with Gasteiger partial charge in [-0.05, 0) is 19.3 Å². The van der Waals surface area contributed by atoms with E-state index < -0.39 is 0 Å². The van der Waals surface area contributed by atoms with Crippen molar-refractivity contribution >= 4 is 12.6 Å². The Balaban J connectivity index is 2.38. The first-order valence-corrected chi connectivity index (χ1v) is 3.77. The molecule has 56 valence electrons. The predicted octanol–water partition coefficient (Wildman–Crippen LogP) is 1.19. The van der Waals surface area contributed by atoms with Gasteiger partial charge in [-0.25, -0.2) is 0 Å². The molecule has 0 aromatic carbocycles. The molecule has 0 N–H and O–H groups in total. The highest BCUT2D eigenvalue weighted by atomic mass is 16.1. The Kier molecular flexibility index (Phi) is 2.60. The van der Waals surface area contributed by atoms with E-state index in [4.69, 9.17) is 0 Å². The van der Waals surface area contributed by atoms with Crippen LogP contribution in [0.2, 0.25) is 0 Å². The van der Waals surface area contributed by atoms with Crippen LogP contribution in [-0.2, 0) is 9.59 Å². The molecule has 0 aliphatic heterocycles. The molecule has 0 amide bonds. The third-order valence-electron chi connectivity index (χ3n) is 2.14. The summed E-state index contributed by atoms with van der Waals surface area (Å²) in [5, 5.41) is 0. The van der Waals surface area contributed by atoms with Crippen molar-refractivity contribution in [3.63, 3.8) is 0 Å². The third kappa shape index (κ3) is 1.66. The highest BCUT2D eigenvalue weighted by Crippen LogP contribution is 2.25. The van der Waals surface area contributed by atoms with E-state index in [9.17, 15) is 9.59 Å². The number of carbonyl (C=O) groups excluding carboxylic acids is 2. The molecule has 1 fully saturated rings. The minimum Gasteiger partial charge on any atom is -0.303 e. The zero-order valence-electron chi connectivity index (χ0n) is 5.95. The number of rotatable bonds is 2. The van der Waals surface area contributed by atoms with Gasteiger partial charge in [-0.1, -0.05) is 6.42 Å². The Morgan fingerprint density at radius 2 is 1.50 bits per heavy atom. The molecule has 2 atom stereocenters. The molecule has 1 saturated carbocycles. The van der Waals surface area contributed by atoms with Crippen LogP contribution in [-0.4, -0.2) is 12.6 Å². The predicted molar refractivity (Wildman–Crippen MR) is 37.6 cm³/mol. The van der Waals surface area contributed by atoms with E-state index >= 15 is 0 Å². The maximum atomic E-state index is 10.3. The zero-order valence-corrected chi connectivity index (χ0v) is 5.95. The molecule has 10 heavy (non-hydrogen) atoms. The lowest BCUT2D eigenvalue weighted by Crippen LogP contribution is -2.17. The number of hydrogen-bond acceptors (Lipinski definition) is 2. The van der Waals surface area contributed by atoms with Crippen LogP contribution in [0.1, 0.15) is 25.7 Å². The summed E-state index contributed by atoms with van der Waals surface area (Å²) in [6.07, 6.45) is 5.74. The zero-order chi connectivity index (χ0) is 7.40. The van der Waals surface area contributed by atoms with Crippen molar-refractivity contribution in [3.05, 3.63) is 0 Å². The Labute approximate surface area is 60.6 Å². The summed E-state index contributed by atoms with van der Waals surface area (Å²) < 4.78 is 0. The highest BCUT2D eigenvalue weighted by Gasteiger charge is 2.20. The van der Waals surface area contributed by atoms with Crippen LogP contribution in [0.15, 0.2) is 0 Å². The number of aldehydes is 2. The molecular formula is C8H12O2. The first-order valence-electron chi connectivity index (χ1n) is 3.77. The molecule has 0 radical (unpaired) electrons. The summed E-state index contributed by atoms with van der Waals surface area (Å²) in [5.74, 6) is 0.313. The molecule has 2 heteroatoms. The highest BCUT2D eigenvalue weighted by molar-refractivity contribution is 5.58. The van der Waals surface area contributed by atoms with Crippen molar-refractivity contribution in [2.45, 2.75) is 25.7 Å². The molecule has 2 nitrogen and oxygen atoms in total. The van der Waals surface area contributed by atoms with Gasteiger partial charge in [0, 0.05) is 11.8 Å². The largest absolute Gasteiger partial charge is 0.303 e. The molecular weight excluding hydrogens is 128 g/mol. The van der Waals surface area contributed by atoms with Crippen molar-refractivity contribution in [1.29, 1.82) is 0 Å². The van der Waals surface area contributed by atoms with Crippen molar-refractivity contribution in [2.24, 2.45) is 11.8 Å². The van der Waals surface area contributed by atoms with E-state index in [1.54, 1.807) is 0 Å². The Morgan fingerprint density at radius 3 is 1.90 bits per heavy atom. The maximum Gasteiger partial charge on any atom is 0.123 e. The smallest absolute Gasteiger partial charge is 0.123 e. The summed E-state index contributed by atoms with van der Waals surface area (Å²) in [5.41, 5.74) is 0. The van der Waals surface area contributed by atoms with Gasteiger partial charge in [0.05, 0.1) is 0 Å². The fraction of sp³-hybridized carbons (Fsp3) is 0.750. The average molecular weight is 140 g/mol. The fourth-order valence-corrected chi connectivity index (χ4v) is 1.51. The van der Waals surface area contributed by atoms with Crippen LogP contribution in [0.25, 0.3) is 0 Å². The number of hydrogen-bond donors (Lipinski definition) is 0. The molecule has 0 spiro atoms. The van der Waals surface area contributed by atoms with E-state index in [2.05, 4.69) is 0 Å². The van der Waals surface area contributed by atoms with E-state index in [0.717, 1.165) is 38.3 Å². The maximum absolute atomic E-state index is 10.3. The first kappa shape index (κ1) is 7.45. The lowest BCUT2D eigenvalue weighted by molar-refractivity contribution is -0.115. The second-order valence-electron chi connectivity index (χ2n) is 2.96. The molecule has 0 heterocycles. The van der Waals surface area contributed by atoms with Crippen LogP contribution in [0, 0.1) is 11.8 Å². The molecule has 1 rings (SSSR count). The minimum atomic E-state index is 0.156. The van der Waals surface area contributed by atoms with Gasteiger partial charge in [-0.2, -0.15) is 0 Å². The van der Waals surface area contributed by atoms with E-state index in [1.807, 2.05) is 0 Å². The van der Waals surface area contributed by atoms with Crippen LogP contribution < -0.4 is 0 Å². The first-order chi connectivity index (χ1) is 4.86. The molecule has 0 unspecified atom stereocenters. The van der Waals surface area contributed by atoms with Crippen molar-refractivity contribution in [3.8, 4) is 0 Å². The lowest BCUT2D eigenvalue weighted by Gasteiger charge is -2.20. The van der Waals surface area contributed by atoms with Crippen LogP contribution in [0.3, 0.4) is 0 Å². The Morgan fingerprint density at radius 1 is 1.00 bits per heavy atom. The topological polar surface area (TPSA) is 34.1 Å². The molecule has 0 saturated heterocycles. The van der Waals surface area contributed by atoms with Gasteiger partial charge in [0.2, 0.25) is 0 Å². The molecule has 1 aliphatic carbocycles. The van der Waals surface area contributed by atoms with Gasteiger partial charge >= 0.3 is 0 Å². The van der Waals surface area contributed by atoms with Crippen LogP contribution in [0.5, 0.6) is 0 Å². The van der Waals surface area contributed by atoms with Crippen LogP contribution >= 0.6 is 0 Å². The van der Waals surface area contributed by atoms with Gasteiger partial charge in [0.25, 0.3) is 0 Å². The van der Waals surface area contributed by atoms with Crippen molar-refractivity contribution in [1.82, 2.24) is 0 Å². The quantitative estimate of drug-likeness (QED) is 0.540. The standard InChI is InChI=1S/C8H12O2/c9-5-7-2-1-3-8(4-7)6-10/h5-8H,1-4H2/t7-,8+. The van der Waals surface area contributed by atoms with Gasteiger partial charge in [0.15, 0.2) is 0 Å². The van der Waals surface area contributed by atoms with Gasteiger partial charge in [-0.3, -0.25) is 0 Å². The van der Waals surface area contributed by atoms with Gasteiger partial charge in [0.1, 0.15) is 12.6 Å². The summed E-state index contributed by atoms with van der Waals surface area (Å²) in [7, 11) is 0. The second-order valence-corrected chi connectivity index (χ2v) is 2.96. The Bertz CT molecular complexity index is 117. The monoisotopic (exact) mass is 140 g/mol. The second kappa shape index (κ2) is 3.49. The number of carbonyl (C=O) groups is 2. The fourth-order valence-electron chi connectivity index (χ4n) is 1.51. The molecule has 0 aromatic rings. The van der Waals surface area contributed by atoms with Crippen molar-refractivity contribution < 1.29 is 9.59 Å². The molecule has 0 aromatic heterocycles. The summed E-state index contributed by atoms with van der Waals surface area (Å²) in [4.78, 5) is 20.6. The minimum absolute atomic E-state index is 0.156. The third-order valence-corrected chi connectivity index (χ3v) is 2.14.